The number of aliphatic hydroxyl groups is 1. The van der Waals surface area contributed by atoms with Crippen LogP contribution in [0.15, 0.2) is 48.5 Å². The lowest BCUT2D eigenvalue weighted by atomic mass is 9.99. The van der Waals surface area contributed by atoms with Crippen LogP contribution in [0.3, 0.4) is 0 Å². The molecule has 2 aromatic rings. The summed E-state index contributed by atoms with van der Waals surface area (Å²) in [7, 11) is 1.86. The highest BCUT2D eigenvalue weighted by molar-refractivity contribution is 6.00. The van der Waals surface area contributed by atoms with Crippen molar-refractivity contribution in [3.05, 3.63) is 59.7 Å². The summed E-state index contributed by atoms with van der Waals surface area (Å²) in [5.41, 5.74) is 1.83. The van der Waals surface area contributed by atoms with Crippen LogP contribution in [-0.2, 0) is 11.2 Å². The van der Waals surface area contributed by atoms with Gasteiger partial charge in [0.1, 0.15) is 11.9 Å². The smallest absolute Gasteiger partial charge is 0.258 e. The van der Waals surface area contributed by atoms with E-state index in [1.54, 1.807) is 23.1 Å². The third kappa shape index (κ3) is 5.62. The lowest BCUT2D eigenvalue weighted by Gasteiger charge is -2.37. The van der Waals surface area contributed by atoms with E-state index in [4.69, 9.17) is 4.74 Å². The molecule has 7 nitrogen and oxygen atoms in total. The van der Waals surface area contributed by atoms with Crippen LogP contribution in [0.4, 0.5) is 5.69 Å². The van der Waals surface area contributed by atoms with Crippen molar-refractivity contribution in [3.63, 3.8) is 0 Å². The molecule has 3 N–H and O–H groups in total. The number of carbonyl (C=O) groups is 2. The summed E-state index contributed by atoms with van der Waals surface area (Å²) in [6.45, 7) is 4.84. The number of nitrogens with one attached hydrogen (secondary N) is 2. The van der Waals surface area contributed by atoms with Crippen LogP contribution < -0.4 is 15.4 Å². The maximum atomic E-state index is 13.3. The molecule has 1 heterocycles. The van der Waals surface area contributed by atoms with E-state index in [0.717, 1.165) is 5.56 Å². The van der Waals surface area contributed by atoms with Crippen molar-refractivity contribution in [1.82, 2.24) is 10.2 Å². The standard InChI is InChI=1S/C24H31N3O4/c1-16-14-27(17(2)15-28)24(30)20-12-19(9-10-21(20)31-22(16)13-25-3)26-23(29)11-18-7-5-4-6-8-18/h4-10,12,16-17,22,25,28H,11,13-15H2,1-3H3,(H,26,29)/t16-,17+,22-/m0/s1. The second kappa shape index (κ2) is 10.4. The summed E-state index contributed by atoms with van der Waals surface area (Å²) in [5.74, 6) is 0.176. The molecule has 2 amide bonds. The van der Waals surface area contributed by atoms with E-state index in [0.29, 0.717) is 30.1 Å². The number of benzene rings is 2. The third-order valence-electron chi connectivity index (χ3n) is 5.56. The summed E-state index contributed by atoms with van der Waals surface area (Å²) in [4.78, 5) is 27.5. The van der Waals surface area contributed by atoms with Gasteiger partial charge in [0, 0.05) is 24.7 Å². The molecule has 3 atom stereocenters. The quantitative estimate of drug-likeness (QED) is 0.633. The molecule has 0 aromatic heterocycles. The first-order valence-corrected chi connectivity index (χ1v) is 10.6. The summed E-state index contributed by atoms with van der Waals surface area (Å²) in [6.07, 6.45) is 0.112. The number of anilines is 1. The zero-order valence-electron chi connectivity index (χ0n) is 18.3. The van der Waals surface area contributed by atoms with Gasteiger partial charge in [-0.3, -0.25) is 9.59 Å². The first kappa shape index (κ1) is 22.8. The van der Waals surface area contributed by atoms with Crippen molar-refractivity contribution in [3.8, 4) is 5.75 Å². The van der Waals surface area contributed by atoms with Crippen LogP contribution >= 0.6 is 0 Å². The van der Waals surface area contributed by atoms with E-state index in [9.17, 15) is 14.7 Å². The molecular formula is C24H31N3O4. The Labute approximate surface area is 183 Å². The number of hydrogen-bond donors (Lipinski definition) is 3. The van der Waals surface area contributed by atoms with Crippen molar-refractivity contribution in [1.29, 1.82) is 0 Å². The van der Waals surface area contributed by atoms with Gasteiger partial charge in [0.05, 0.1) is 24.6 Å². The maximum absolute atomic E-state index is 13.3. The van der Waals surface area contributed by atoms with Crippen LogP contribution in [0.1, 0.15) is 29.8 Å². The van der Waals surface area contributed by atoms with Gasteiger partial charge < -0.3 is 25.4 Å². The third-order valence-corrected chi connectivity index (χ3v) is 5.56. The number of nitrogens with zero attached hydrogens (tertiary/aromatic N) is 1. The molecule has 1 aliphatic rings. The van der Waals surface area contributed by atoms with Crippen molar-refractivity contribution < 1.29 is 19.4 Å². The van der Waals surface area contributed by atoms with Crippen molar-refractivity contribution >= 4 is 17.5 Å². The zero-order valence-corrected chi connectivity index (χ0v) is 18.3. The fraction of sp³-hybridized carbons (Fsp3) is 0.417. The fourth-order valence-electron chi connectivity index (χ4n) is 3.73. The van der Waals surface area contributed by atoms with Crippen LogP contribution in [0, 0.1) is 5.92 Å². The Morgan fingerprint density at radius 2 is 2.00 bits per heavy atom. The van der Waals surface area contributed by atoms with Crippen LogP contribution in [-0.4, -0.2) is 60.7 Å². The minimum Gasteiger partial charge on any atom is -0.488 e. The summed E-state index contributed by atoms with van der Waals surface area (Å²) < 4.78 is 6.19. The minimum absolute atomic E-state index is 0.0730. The molecular weight excluding hydrogens is 394 g/mol. The Bertz CT molecular complexity index is 903. The van der Waals surface area contributed by atoms with E-state index >= 15 is 0 Å². The summed E-state index contributed by atoms with van der Waals surface area (Å²) >= 11 is 0. The topological polar surface area (TPSA) is 90.9 Å². The molecule has 0 unspecified atom stereocenters. The van der Waals surface area contributed by atoms with Gasteiger partial charge in [0.25, 0.3) is 5.91 Å². The largest absolute Gasteiger partial charge is 0.488 e. The number of ether oxygens (including phenoxy) is 1. The molecule has 0 aliphatic carbocycles. The van der Waals surface area contributed by atoms with Crippen molar-refractivity contribution in [2.75, 3.05) is 32.1 Å². The Morgan fingerprint density at radius 1 is 1.26 bits per heavy atom. The molecule has 0 radical (unpaired) electrons. The monoisotopic (exact) mass is 425 g/mol. The second-order valence-corrected chi connectivity index (χ2v) is 8.10. The first-order chi connectivity index (χ1) is 14.9. The van der Waals surface area contributed by atoms with Crippen LogP contribution in [0.2, 0.25) is 0 Å². The van der Waals surface area contributed by atoms with Crippen molar-refractivity contribution in [2.45, 2.75) is 32.4 Å². The van der Waals surface area contributed by atoms with Gasteiger partial charge in [-0.05, 0) is 37.7 Å². The highest BCUT2D eigenvalue weighted by Gasteiger charge is 2.32. The molecule has 0 bridgehead atoms. The van der Waals surface area contributed by atoms with Crippen LogP contribution in [0.5, 0.6) is 5.75 Å². The molecule has 31 heavy (non-hydrogen) atoms. The number of rotatable bonds is 7. The molecule has 3 rings (SSSR count). The number of carbonyl (C=O) groups excluding carboxylic acids is 2. The van der Waals surface area contributed by atoms with Crippen LogP contribution in [0.25, 0.3) is 0 Å². The molecule has 0 fully saturated rings. The average Bonchev–Trinajstić information content (AvgIpc) is 2.76. The van der Waals surface area contributed by atoms with Gasteiger partial charge in [-0.1, -0.05) is 37.3 Å². The van der Waals surface area contributed by atoms with Gasteiger partial charge in [-0.2, -0.15) is 0 Å². The highest BCUT2D eigenvalue weighted by atomic mass is 16.5. The Kier molecular flexibility index (Phi) is 7.65. The van der Waals surface area contributed by atoms with E-state index < -0.39 is 0 Å². The molecule has 7 heteroatoms. The average molecular weight is 426 g/mol. The zero-order chi connectivity index (χ0) is 22.4. The van der Waals surface area contributed by atoms with E-state index in [1.165, 1.54) is 0 Å². The molecule has 0 spiro atoms. The predicted octanol–water partition coefficient (Wildman–Crippen LogP) is 2.31. The SMILES string of the molecule is CNC[C@@H]1Oc2ccc(NC(=O)Cc3ccccc3)cc2C(=O)N([C@H](C)CO)C[C@@H]1C. The molecule has 166 valence electrons. The van der Waals surface area contributed by atoms with Gasteiger partial charge in [-0.15, -0.1) is 0 Å². The number of amides is 2. The predicted molar refractivity (Wildman–Crippen MR) is 120 cm³/mol. The summed E-state index contributed by atoms with van der Waals surface area (Å²) in [6, 6.07) is 14.3. The maximum Gasteiger partial charge on any atom is 0.258 e. The van der Waals surface area contributed by atoms with Gasteiger partial charge in [-0.25, -0.2) is 0 Å². The minimum atomic E-state index is -0.326. The van der Waals surface area contributed by atoms with Gasteiger partial charge in [0.2, 0.25) is 5.91 Å². The Hall–Kier alpha value is -2.90. The van der Waals surface area contributed by atoms with Crippen molar-refractivity contribution in [2.24, 2.45) is 5.92 Å². The second-order valence-electron chi connectivity index (χ2n) is 8.10. The molecule has 0 saturated carbocycles. The van der Waals surface area contributed by atoms with E-state index in [2.05, 4.69) is 10.6 Å². The van der Waals surface area contributed by atoms with Gasteiger partial charge in [0.15, 0.2) is 0 Å². The van der Waals surface area contributed by atoms with E-state index in [1.807, 2.05) is 51.2 Å². The summed E-state index contributed by atoms with van der Waals surface area (Å²) in [5, 5.41) is 15.7. The first-order valence-electron chi connectivity index (χ1n) is 10.6. The molecule has 0 saturated heterocycles. The number of likely N-dealkylation sites (N-methyl/N-ethyl adjacent to an activating group) is 1. The fourth-order valence-corrected chi connectivity index (χ4v) is 3.73. The lowest BCUT2D eigenvalue weighted by molar-refractivity contribution is -0.115. The normalized spacial score (nSPS) is 19.6. The molecule has 1 aliphatic heterocycles. The number of aliphatic hydroxyl groups excluding tert-OH is 1. The number of hydrogen-bond acceptors (Lipinski definition) is 5. The molecule has 2 aromatic carbocycles. The Morgan fingerprint density at radius 3 is 2.68 bits per heavy atom. The van der Waals surface area contributed by atoms with E-state index in [-0.39, 0.29) is 42.9 Å². The Balaban J connectivity index is 1.87. The lowest BCUT2D eigenvalue weighted by Crippen LogP contribution is -2.49. The van der Waals surface area contributed by atoms with Gasteiger partial charge >= 0.3 is 0 Å². The highest BCUT2D eigenvalue weighted by Crippen LogP contribution is 2.30. The number of fused-ring (bicyclic) bond motifs is 1.